The van der Waals surface area contributed by atoms with Crippen LogP contribution in [0.2, 0.25) is 0 Å². The molecule has 0 radical (unpaired) electrons. The third-order valence-electron chi connectivity index (χ3n) is 3.23. The number of hydrogen-bond acceptors (Lipinski definition) is 6. The highest BCUT2D eigenvalue weighted by Crippen LogP contribution is 2.25. The van der Waals surface area contributed by atoms with Gasteiger partial charge < -0.3 is 19.9 Å². The number of aliphatic hydroxyl groups is 1. The summed E-state index contributed by atoms with van der Waals surface area (Å²) in [4.78, 5) is 16.3. The summed E-state index contributed by atoms with van der Waals surface area (Å²) in [5.41, 5.74) is 0.379. The predicted octanol–water partition coefficient (Wildman–Crippen LogP) is 3.29. The molecule has 1 amide bonds. The van der Waals surface area contributed by atoms with Crippen LogP contribution in [0.15, 0.2) is 41.9 Å². The van der Waals surface area contributed by atoms with E-state index in [4.69, 9.17) is 9.47 Å². The summed E-state index contributed by atoms with van der Waals surface area (Å²) >= 11 is 1.41. The molecular weight excluding hydrogens is 340 g/mol. The fraction of sp³-hybridized carbons (Fsp3) is 0.444. The summed E-state index contributed by atoms with van der Waals surface area (Å²) in [5.74, 6) is 0. The van der Waals surface area contributed by atoms with Crippen LogP contribution in [0.1, 0.15) is 37.4 Å². The Morgan fingerprint density at radius 1 is 1.32 bits per heavy atom. The van der Waals surface area contributed by atoms with Crippen molar-refractivity contribution in [2.75, 3.05) is 6.61 Å². The molecule has 0 spiro atoms. The van der Waals surface area contributed by atoms with Gasteiger partial charge in [-0.3, -0.25) is 0 Å². The van der Waals surface area contributed by atoms with Crippen molar-refractivity contribution >= 4 is 17.4 Å². The number of aromatic nitrogens is 1. The molecule has 0 saturated carbocycles. The number of nitrogens with one attached hydrogen (secondary N) is 1. The van der Waals surface area contributed by atoms with Crippen LogP contribution in [-0.4, -0.2) is 34.4 Å². The first kappa shape index (κ1) is 19.4. The molecule has 0 aliphatic heterocycles. The lowest BCUT2D eigenvalue weighted by atomic mass is 10.1. The topological polar surface area (TPSA) is 80.7 Å². The van der Waals surface area contributed by atoms with Crippen molar-refractivity contribution in [1.29, 1.82) is 0 Å². The molecule has 1 aromatic carbocycles. The highest BCUT2D eigenvalue weighted by atomic mass is 32.1. The minimum Gasteiger partial charge on any atom is -0.444 e. The van der Waals surface area contributed by atoms with Gasteiger partial charge in [0.05, 0.1) is 19.3 Å². The number of aliphatic hydroxyl groups excluding tert-OH is 1. The molecular formula is C18H24N2O4S. The van der Waals surface area contributed by atoms with Crippen LogP contribution in [0.4, 0.5) is 4.79 Å². The van der Waals surface area contributed by atoms with Crippen molar-refractivity contribution in [1.82, 2.24) is 10.3 Å². The number of amides is 1. The highest BCUT2D eigenvalue weighted by molar-refractivity contribution is 7.09. The first-order valence-corrected chi connectivity index (χ1v) is 8.92. The first-order chi connectivity index (χ1) is 11.9. The third kappa shape index (κ3) is 6.45. The van der Waals surface area contributed by atoms with Gasteiger partial charge in [-0.05, 0) is 26.3 Å². The lowest BCUT2D eigenvalue weighted by Crippen LogP contribution is -2.45. The molecule has 0 aliphatic rings. The maximum absolute atomic E-state index is 12.1. The summed E-state index contributed by atoms with van der Waals surface area (Å²) in [5, 5.41) is 15.0. The number of nitrogens with zero attached hydrogens (tertiary/aromatic N) is 1. The Hall–Kier alpha value is -1.96. The van der Waals surface area contributed by atoms with Crippen molar-refractivity contribution in [3.63, 3.8) is 0 Å². The molecule has 2 rings (SSSR count). The Bertz CT molecular complexity index is 641. The van der Waals surface area contributed by atoms with E-state index in [0.717, 1.165) is 5.56 Å². The van der Waals surface area contributed by atoms with Crippen molar-refractivity contribution in [2.24, 2.45) is 0 Å². The van der Waals surface area contributed by atoms with E-state index in [0.29, 0.717) is 11.6 Å². The minimum atomic E-state index is -0.662. The van der Waals surface area contributed by atoms with Crippen molar-refractivity contribution in [3.05, 3.63) is 52.5 Å². The molecule has 2 aromatic rings. The lowest BCUT2D eigenvalue weighted by molar-refractivity contribution is -0.00861. The van der Waals surface area contributed by atoms with Crippen molar-refractivity contribution < 1.29 is 19.4 Å². The molecule has 0 fully saturated rings. The van der Waals surface area contributed by atoms with Crippen LogP contribution in [0, 0.1) is 0 Å². The molecule has 25 heavy (non-hydrogen) atoms. The molecule has 0 saturated heterocycles. The van der Waals surface area contributed by atoms with Crippen LogP contribution >= 0.6 is 11.3 Å². The monoisotopic (exact) mass is 364 g/mol. The van der Waals surface area contributed by atoms with Gasteiger partial charge >= 0.3 is 6.09 Å². The van der Waals surface area contributed by atoms with Crippen LogP contribution in [0.5, 0.6) is 0 Å². The zero-order chi connectivity index (χ0) is 18.3. The van der Waals surface area contributed by atoms with E-state index in [9.17, 15) is 9.90 Å². The van der Waals surface area contributed by atoms with Gasteiger partial charge in [-0.15, -0.1) is 11.3 Å². The average Bonchev–Trinajstić information content (AvgIpc) is 3.07. The van der Waals surface area contributed by atoms with Crippen molar-refractivity contribution in [2.45, 2.75) is 45.1 Å². The Morgan fingerprint density at radius 3 is 2.60 bits per heavy atom. The number of carbonyl (C=O) groups is 1. The molecule has 7 heteroatoms. The normalized spacial score (nSPS) is 13.9. The second-order valence-corrected chi connectivity index (χ2v) is 7.45. The number of hydrogen-bond donors (Lipinski definition) is 2. The Balaban J connectivity index is 2.08. The van der Waals surface area contributed by atoms with Gasteiger partial charge in [0.25, 0.3) is 0 Å². The Labute approximate surface area is 151 Å². The largest absolute Gasteiger partial charge is 0.444 e. The third-order valence-corrected chi connectivity index (χ3v) is 4.07. The Morgan fingerprint density at radius 2 is 2.04 bits per heavy atom. The van der Waals surface area contributed by atoms with Gasteiger partial charge in [-0.2, -0.15) is 0 Å². The fourth-order valence-electron chi connectivity index (χ4n) is 2.17. The SMILES string of the molecule is CC(C)(C)OC(=O)N[C@@H](CO)[C@H](OCc1ccccc1)c1nccs1. The summed E-state index contributed by atoms with van der Waals surface area (Å²) in [6.45, 7) is 5.40. The van der Waals surface area contributed by atoms with Gasteiger partial charge in [0.2, 0.25) is 0 Å². The standard InChI is InChI=1S/C18H24N2O4S/c1-18(2,3)24-17(22)20-14(11-21)15(16-19-9-10-25-16)23-12-13-7-5-4-6-8-13/h4-10,14-15,21H,11-12H2,1-3H3,(H,20,22)/t14-,15-/m0/s1. The fourth-order valence-corrected chi connectivity index (χ4v) is 2.92. The van der Waals surface area contributed by atoms with Gasteiger partial charge in [-0.1, -0.05) is 30.3 Å². The molecule has 0 aliphatic carbocycles. The summed E-state index contributed by atoms with van der Waals surface area (Å²) < 4.78 is 11.2. The van der Waals surface area contributed by atoms with E-state index in [1.165, 1.54) is 11.3 Å². The quantitative estimate of drug-likeness (QED) is 0.788. The van der Waals surface area contributed by atoms with E-state index < -0.39 is 23.8 Å². The van der Waals surface area contributed by atoms with Gasteiger partial charge in [0.15, 0.2) is 0 Å². The van der Waals surface area contributed by atoms with Crippen LogP contribution in [0.25, 0.3) is 0 Å². The highest BCUT2D eigenvalue weighted by Gasteiger charge is 2.29. The zero-order valence-electron chi connectivity index (χ0n) is 14.6. The number of rotatable bonds is 7. The van der Waals surface area contributed by atoms with Crippen LogP contribution in [0.3, 0.4) is 0 Å². The lowest BCUT2D eigenvalue weighted by Gasteiger charge is -2.27. The molecule has 2 N–H and O–H groups in total. The molecule has 0 bridgehead atoms. The van der Waals surface area contributed by atoms with E-state index in [1.54, 1.807) is 27.0 Å². The second kappa shape index (κ2) is 8.94. The second-order valence-electron chi connectivity index (χ2n) is 6.52. The first-order valence-electron chi connectivity index (χ1n) is 8.04. The Kier molecular flexibility index (Phi) is 6.92. The zero-order valence-corrected chi connectivity index (χ0v) is 15.5. The van der Waals surface area contributed by atoms with Crippen LogP contribution < -0.4 is 5.32 Å². The van der Waals surface area contributed by atoms with Gasteiger partial charge in [-0.25, -0.2) is 9.78 Å². The summed E-state index contributed by atoms with van der Waals surface area (Å²) in [7, 11) is 0. The number of alkyl carbamates (subject to hydrolysis) is 1. The maximum Gasteiger partial charge on any atom is 0.408 e. The summed E-state index contributed by atoms with van der Waals surface area (Å²) in [6.07, 6.45) is 0.495. The summed E-state index contributed by atoms with van der Waals surface area (Å²) in [6, 6.07) is 9.04. The van der Waals surface area contributed by atoms with E-state index >= 15 is 0 Å². The van der Waals surface area contributed by atoms with Crippen molar-refractivity contribution in [3.8, 4) is 0 Å². The number of thiazole rings is 1. The van der Waals surface area contributed by atoms with E-state index in [1.807, 2.05) is 35.7 Å². The number of ether oxygens (including phenoxy) is 2. The van der Waals surface area contributed by atoms with E-state index in [2.05, 4.69) is 10.3 Å². The van der Waals surface area contributed by atoms with Crippen LogP contribution in [-0.2, 0) is 16.1 Å². The van der Waals surface area contributed by atoms with E-state index in [-0.39, 0.29) is 6.61 Å². The minimum absolute atomic E-state index is 0.293. The smallest absolute Gasteiger partial charge is 0.408 e. The predicted molar refractivity (Wildman–Crippen MR) is 96.3 cm³/mol. The molecule has 136 valence electrons. The van der Waals surface area contributed by atoms with Gasteiger partial charge in [0.1, 0.15) is 16.7 Å². The average molecular weight is 364 g/mol. The molecule has 1 heterocycles. The molecule has 2 atom stereocenters. The number of benzene rings is 1. The maximum atomic E-state index is 12.1. The van der Waals surface area contributed by atoms with Gasteiger partial charge in [0, 0.05) is 11.6 Å². The molecule has 1 aromatic heterocycles. The molecule has 0 unspecified atom stereocenters. The number of carbonyl (C=O) groups excluding carboxylic acids is 1. The molecule has 6 nitrogen and oxygen atoms in total.